The number of amides is 2. The van der Waals surface area contributed by atoms with Crippen LogP contribution in [0.15, 0.2) is 78.0 Å². The van der Waals surface area contributed by atoms with Crippen molar-refractivity contribution in [1.82, 2.24) is 14.9 Å². The fourth-order valence-corrected chi connectivity index (χ4v) is 5.49. The third kappa shape index (κ3) is 7.58. The molecule has 11 heteroatoms. The molecule has 222 valence electrons. The minimum Gasteiger partial charge on any atom is -0.497 e. The van der Waals surface area contributed by atoms with Crippen molar-refractivity contribution in [2.45, 2.75) is 37.6 Å². The van der Waals surface area contributed by atoms with E-state index in [0.717, 1.165) is 57.4 Å². The summed E-state index contributed by atoms with van der Waals surface area (Å²) in [5, 5.41) is 5.82. The van der Waals surface area contributed by atoms with E-state index in [-0.39, 0.29) is 5.69 Å². The summed E-state index contributed by atoms with van der Waals surface area (Å²) in [6, 6.07) is 19.9. The Bertz CT molecular complexity index is 1470. The van der Waals surface area contributed by atoms with Crippen molar-refractivity contribution in [3.8, 4) is 34.0 Å². The number of para-hydroxylation sites is 1. The van der Waals surface area contributed by atoms with Gasteiger partial charge in [-0.05, 0) is 80.4 Å². The molecular formula is C31H33F3N4O3S. The molecule has 0 bridgehead atoms. The Balaban J connectivity index is 1.40. The van der Waals surface area contributed by atoms with Crippen molar-refractivity contribution >= 4 is 23.5 Å². The van der Waals surface area contributed by atoms with Gasteiger partial charge < -0.3 is 24.7 Å². The number of carbonyl (C=O) groups excluding carboxylic acids is 1. The van der Waals surface area contributed by atoms with E-state index in [1.165, 1.54) is 18.2 Å². The minimum absolute atomic E-state index is 0.273. The van der Waals surface area contributed by atoms with E-state index in [0.29, 0.717) is 19.5 Å². The third-order valence-corrected chi connectivity index (χ3v) is 7.61. The smallest absolute Gasteiger partial charge is 0.418 e. The lowest BCUT2D eigenvalue weighted by Gasteiger charge is -2.14. The number of hydrogen-bond donors (Lipinski definition) is 2. The molecule has 0 fully saturated rings. The maximum Gasteiger partial charge on any atom is 0.418 e. The molecule has 1 aromatic heterocycles. The predicted octanol–water partition coefficient (Wildman–Crippen LogP) is 7.97. The van der Waals surface area contributed by atoms with Crippen LogP contribution in [-0.4, -0.2) is 42.1 Å². The topological polar surface area (TPSA) is 77.4 Å². The summed E-state index contributed by atoms with van der Waals surface area (Å²) in [4.78, 5) is 17.2. The van der Waals surface area contributed by atoms with Crippen molar-refractivity contribution in [2.24, 2.45) is 0 Å². The van der Waals surface area contributed by atoms with Crippen molar-refractivity contribution in [3.63, 3.8) is 0 Å². The Morgan fingerprint density at radius 2 is 1.52 bits per heavy atom. The Labute approximate surface area is 247 Å². The molecule has 42 heavy (non-hydrogen) atoms. The van der Waals surface area contributed by atoms with Gasteiger partial charge in [0, 0.05) is 30.0 Å². The summed E-state index contributed by atoms with van der Waals surface area (Å²) in [7, 11) is 3.27. The maximum absolute atomic E-state index is 13.2. The predicted molar refractivity (Wildman–Crippen MR) is 160 cm³/mol. The highest BCUT2D eigenvalue weighted by Gasteiger charge is 2.33. The second kappa shape index (κ2) is 14.2. The Hall–Kier alpha value is -4.12. The number of thioether (sulfide) groups is 1. The van der Waals surface area contributed by atoms with Crippen LogP contribution in [0.4, 0.5) is 23.7 Å². The normalized spacial score (nSPS) is 11.3. The highest BCUT2D eigenvalue weighted by molar-refractivity contribution is 7.99. The number of carbonyl (C=O) groups is 1. The van der Waals surface area contributed by atoms with E-state index >= 15 is 0 Å². The number of imidazole rings is 1. The van der Waals surface area contributed by atoms with E-state index in [9.17, 15) is 18.0 Å². The fourth-order valence-electron chi connectivity index (χ4n) is 4.43. The van der Waals surface area contributed by atoms with Gasteiger partial charge in [-0.1, -0.05) is 23.9 Å². The molecular weight excluding hydrogens is 565 g/mol. The molecule has 0 atom stereocenters. The van der Waals surface area contributed by atoms with Gasteiger partial charge in [0.1, 0.15) is 11.5 Å². The van der Waals surface area contributed by atoms with Crippen molar-refractivity contribution < 1.29 is 27.4 Å². The zero-order chi connectivity index (χ0) is 30.1. The zero-order valence-electron chi connectivity index (χ0n) is 23.6. The summed E-state index contributed by atoms with van der Waals surface area (Å²) in [5.74, 6) is 2.29. The lowest BCUT2D eigenvalue weighted by atomic mass is 10.0. The summed E-state index contributed by atoms with van der Waals surface area (Å²) >= 11 is 1.63. The van der Waals surface area contributed by atoms with Crippen LogP contribution in [0.5, 0.6) is 11.5 Å². The molecule has 2 N–H and O–H groups in total. The average molecular weight is 599 g/mol. The first-order valence-electron chi connectivity index (χ1n) is 13.5. The van der Waals surface area contributed by atoms with Crippen LogP contribution in [0.1, 0.15) is 25.3 Å². The molecule has 1 heterocycles. The summed E-state index contributed by atoms with van der Waals surface area (Å²) in [6.07, 6.45) is -3.12. The van der Waals surface area contributed by atoms with Crippen LogP contribution in [0.2, 0.25) is 0 Å². The molecule has 0 spiro atoms. The Kier molecular flexibility index (Phi) is 10.4. The lowest BCUT2D eigenvalue weighted by molar-refractivity contribution is -0.136. The van der Waals surface area contributed by atoms with Crippen LogP contribution in [0.25, 0.3) is 22.5 Å². The van der Waals surface area contributed by atoms with Gasteiger partial charge in [-0.25, -0.2) is 9.78 Å². The second-order valence-electron chi connectivity index (χ2n) is 9.27. The molecule has 7 nitrogen and oxygen atoms in total. The Morgan fingerprint density at radius 1 is 0.905 bits per heavy atom. The molecule has 0 aliphatic rings. The molecule has 4 rings (SSSR count). The number of nitrogens with one attached hydrogen (secondary N) is 2. The van der Waals surface area contributed by atoms with E-state index in [1.807, 2.05) is 48.5 Å². The number of halogens is 3. The SMILES string of the molecule is CCn1c(SCCCCNC(=O)Nc2ccccc2C(F)(F)F)nc(-c2ccc(OC)cc2)c1-c1ccc(OC)cc1. The molecule has 0 unspecified atom stereocenters. The quantitative estimate of drug-likeness (QED) is 0.128. The molecule has 0 saturated carbocycles. The number of methoxy groups -OCH3 is 2. The molecule has 2 amide bonds. The second-order valence-corrected chi connectivity index (χ2v) is 10.3. The fraction of sp³-hybridized carbons (Fsp3) is 0.290. The molecule has 4 aromatic rings. The van der Waals surface area contributed by atoms with E-state index in [4.69, 9.17) is 14.5 Å². The average Bonchev–Trinajstić information content (AvgIpc) is 3.37. The van der Waals surface area contributed by atoms with Gasteiger partial charge in [0.25, 0.3) is 0 Å². The van der Waals surface area contributed by atoms with Gasteiger partial charge in [-0.15, -0.1) is 0 Å². The third-order valence-electron chi connectivity index (χ3n) is 6.54. The van der Waals surface area contributed by atoms with E-state index < -0.39 is 17.8 Å². The summed E-state index contributed by atoms with van der Waals surface area (Å²) in [5.41, 5.74) is 2.70. The van der Waals surface area contributed by atoms with Gasteiger partial charge in [0.15, 0.2) is 5.16 Å². The molecule has 0 saturated heterocycles. The van der Waals surface area contributed by atoms with Gasteiger partial charge in [0.2, 0.25) is 0 Å². The minimum atomic E-state index is -4.55. The van der Waals surface area contributed by atoms with E-state index in [1.54, 1.807) is 26.0 Å². The van der Waals surface area contributed by atoms with Crippen molar-refractivity contribution in [2.75, 3.05) is 31.8 Å². The first-order valence-corrected chi connectivity index (χ1v) is 14.5. The molecule has 3 aromatic carbocycles. The van der Waals surface area contributed by atoms with Crippen LogP contribution >= 0.6 is 11.8 Å². The standard InChI is InChI=1S/C31H33F3N4O3S/c1-4-38-28(22-13-17-24(41-3)18-14-22)27(21-11-15-23(40-2)16-12-21)37-30(38)42-20-8-7-19-35-29(39)36-26-10-6-5-9-25(26)31(32,33)34/h5-6,9-18H,4,7-8,19-20H2,1-3H3,(H2,35,36,39). The van der Waals surface area contributed by atoms with Crippen LogP contribution in [0, 0.1) is 0 Å². The van der Waals surface area contributed by atoms with Gasteiger partial charge in [-0.3, -0.25) is 0 Å². The van der Waals surface area contributed by atoms with Crippen LogP contribution in [0.3, 0.4) is 0 Å². The highest BCUT2D eigenvalue weighted by Crippen LogP contribution is 2.37. The summed E-state index contributed by atoms with van der Waals surface area (Å²) < 4.78 is 52.4. The van der Waals surface area contributed by atoms with Gasteiger partial charge in [0.05, 0.1) is 36.9 Å². The first kappa shape index (κ1) is 30.8. The molecule has 0 aliphatic heterocycles. The maximum atomic E-state index is 13.2. The van der Waals surface area contributed by atoms with Gasteiger partial charge in [-0.2, -0.15) is 13.2 Å². The number of urea groups is 1. The number of aromatic nitrogens is 2. The number of ether oxygens (including phenoxy) is 2. The molecule has 0 aliphatic carbocycles. The zero-order valence-corrected chi connectivity index (χ0v) is 24.4. The first-order chi connectivity index (χ1) is 20.2. The number of alkyl halides is 3. The monoisotopic (exact) mass is 598 g/mol. The van der Waals surface area contributed by atoms with Crippen molar-refractivity contribution in [1.29, 1.82) is 0 Å². The number of hydrogen-bond acceptors (Lipinski definition) is 5. The number of anilines is 1. The van der Waals surface area contributed by atoms with Crippen LogP contribution < -0.4 is 20.1 Å². The summed E-state index contributed by atoms with van der Waals surface area (Å²) in [6.45, 7) is 3.13. The Morgan fingerprint density at radius 3 is 2.12 bits per heavy atom. The number of rotatable bonds is 12. The number of benzene rings is 3. The lowest BCUT2D eigenvalue weighted by Crippen LogP contribution is -2.30. The van der Waals surface area contributed by atoms with E-state index in [2.05, 4.69) is 22.1 Å². The highest BCUT2D eigenvalue weighted by atomic mass is 32.2. The largest absolute Gasteiger partial charge is 0.497 e. The van der Waals surface area contributed by atoms with Gasteiger partial charge >= 0.3 is 12.2 Å². The molecule has 0 radical (unpaired) electrons. The number of unbranched alkanes of at least 4 members (excludes halogenated alkanes) is 1. The van der Waals surface area contributed by atoms with Crippen molar-refractivity contribution in [3.05, 3.63) is 78.4 Å². The van der Waals surface area contributed by atoms with Crippen LogP contribution in [-0.2, 0) is 12.7 Å². The number of nitrogens with zero attached hydrogens (tertiary/aromatic N) is 2.